The first-order chi connectivity index (χ1) is 12.2. The van der Waals surface area contributed by atoms with Gasteiger partial charge in [0.2, 0.25) is 5.91 Å². The highest BCUT2D eigenvalue weighted by Crippen LogP contribution is 2.39. The standard InChI is InChI=1S/C17H24N6O2/c24-15-10-21(9-14-8-16(20-19-14)13-2-3-13)6-7-22(11-15)17(25)12-23-5-1-4-18-23/h1,4-5,8,13,15,24H,2-3,6-7,9-12H2,(H,19,20)/t15-/m1/s1. The number of H-pyrrole nitrogens is 1. The van der Waals surface area contributed by atoms with Gasteiger partial charge < -0.3 is 10.0 Å². The van der Waals surface area contributed by atoms with Gasteiger partial charge in [0.15, 0.2) is 0 Å². The zero-order chi connectivity index (χ0) is 17.2. The number of amides is 1. The van der Waals surface area contributed by atoms with E-state index in [-0.39, 0.29) is 12.5 Å². The van der Waals surface area contributed by atoms with Gasteiger partial charge in [-0.15, -0.1) is 0 Å². The fourth-order valence-corrected chi connectivity index (χ4v) is 3.35. The molecule has 0 radical (unpaired) electrons. The van der Waals surface area contributed by atoms with Gasteiger partial charge in [-0.2, -0.15) is 10.2 Å². The van der Waals surface area contributed by atoms with Gasteiger partial charge in [-0.1, -0.05) is 0 Å². The molecule has 2 aromatic heterocycles. The van der Waals surface area contributed by atoms with E-state index < -0.39 is 6.10 Å². The van der Waals surface area contributed by atoms with Gasteiger partial charge in [0, 0.05) is 56.7 Å². The van der Waals surface area contributed by atoms with Crippen LogP contribution in [-0.2, 0) is 17.9 Å². The van der Waals surface area contributed by atoms with Crippen LogP contribution in [0.25, 0.3) is 0 Å². The summed E-state index contributed by atoms with van der Waals surface area (Å²) in [7, 11) is 0. The Morgan fingerprint density at radius 2 is 2.20 bits per heavy atom. The monoisotopic (exact) mass is 344 g/mol. The molecule has 0 aromatic carbocycles. The van der Waals surface area contributed by atoms with Crippen molar-refractivity contribution in [2.24, 2.45) is 0 Å². The summed E-state index contributed by atoms with van der Waals surface area (Å²) in [4.78, 5) is 16.3. The number of hydrogen-bond donors (Lipinski definition) is 2. The molecule has 2 N–H and O–H groups in total. The quantitative estimate of drug-likeness (QED) is 0.808. The van der Waals surface area contributed by atoms with Gasteiger partial charge in [-0.3, -0.25) is 19.5 Å². The molecule has 25 heavy (non-hydrogen) atoms. The highest BCUT2D eigenvalue weighted by molar-refractivity contribution is 5.76. The largest absolute Gasteiger partial charge is 0.390 e. The van der Waals surface area contributed by atoms with Crippen LogP contribution >= 0.6 is 0 Å². The Kier molecular flexibility index (Phi) is 4.54. The smallest absolute Gasteiger partial charge is 0.244 e. The Morgan fingerprint density at radius 1 is 1.32 bits per heavy atom. The van der Waals surface area contributed by atoms with E-state index in [1.165, 1.54) is 12.8 Å². The molecule has 134 valence electrons. The lowest BCUT2D eigenvalue weighted by molar-refractivity contribution is -0.132. The van der Waals surface area contributed by atoms with E-state index in [1.807, 2.05) is 0 Å². The number of hydrogen-bond acceptors (Lipinski definition) is 5. The molecule has 0 bridgehead atoms. The van der Waals surface area contributed by atoms with Gasteiger partial charge in [-0.05, 0) is 25.0 Å². The van der Waals surface area contributed by atoms with Crippen molar-refractivity contribution in [2.75, 3.05) is 26.2 Å². The zero-order valence-electron chi connectivity index (χ0n) is 14.2. The molecule has 1 aliphatic carbocycles. The van der Waals surface area contributed by atoms with Gasteiger partial charge in [0.05, 0.1) is 11.8 Å². The van der Waals surface area contributed by atoms with Crippen molar-refractivity contribution in [1.29, 1.82) is 0 Å². The number of nitrogens with zero attached hydrogens (tertiary/aromatic N) is 5. The third-order valence-electron chi connectivity index (χ3n) is 4.84. The molecule has 4 rings (SSSR count). The van der Waals surface area contributed by atoms with E-state index in [4.69, 9.17) is 0 Å². The molecule has 1 saturated heterocycles. The number of aromatic amines is 1. The highest BCUT2D eigenvalue weighted by Gasteiger charge is 2.27. The minimum atomic E-state index is -0.546. The first-order valence-electron chi connectivity index (χ1n) is 8.87. The molecule has 2 aliphatic rings. The predicted octanol–water partition coefficient (Wildman–Crippen LogP) is 0.189. The average Bonchev–Trinajstić information content (AvgIpc) is 3.18. The van der Waals surface area contributed by atoms with Crippen molar-refractivity contribution in [2.45, 2.75) is 38.0 Å². The van der Waals surface area contributed by atoms with Gasteiger partial charge in [0.25, 0.3) is 0 Å². The summed E-state index contributed by atoms with van der Waals surface area (Å²) in [6.45, 7) is 3.21. The predicted molar refractivity (Wildman–Crippen MR) is 90.7 cm³/mol. The zero-order valence-corrected chi connectivity index (χ0v) is 14.2. The van der Waals surface area contributed by atoms with E-state index in [0.717, 1.165) is 24.5 Å². The summed E-state index contributed by atoms with van der Waals surface area (Å²) in [6.07, 6.45) is 5.36. The van der Waals surface area contributed by atoms with Crippen molar-refractivity contribution < 1.29 is 9.90 Å². The lowest BCUT2D eigenvalue weighted by Crippen LogP contribution is -2.39. The molecule has 2 aromatic rings. The second kappa shape index (κ2) is 6.97. The van der Waals surface area contributed by atoms with Crippen LogP contribution in [0.2, 0.25) is 0 Å². The minimum absolute atomic E-state index is 0.0119. The lowest BCUT2D eigenvalue weighted by Gasteiger charge is -2.21. The summed E-state index contributed by atoms with van der Waals surface area (Å²) >= 11 is 0. The SMILES string of the molecule is O=C(Cn1cccn1)N1CCN(Cc2cc(C3CC3)n[nH]2)C[C@@H](O)C1. The molecule has 1 amide bonds. The van der Waals surface area contributed by atoms with Crippen LogP contribution in [0.5, 0.6) is 0 Å². The second-order valence-corrected chi connectivity index (χ2v) is 7.02. The normalized spacial score (nSPS) is 22.1. The lowest BCUT2D eigenvalue weighted by atomic mass is 10.2. The Labute approximate surface area is 146 Å². The topological polar surface area (TPSA) is 90.3 Å². The van der Waals surface area contributed by atoms with Crippen LogP contribution in [0.4, 0.5) is 0 Å². The van der Waals surface area contributed by atoms with Gasteiger partial charge >= 0.3 is 0 Å². The Balaban J connectivity index is 1.34. The van der Waals surface area contributed by atoms with Crippen molar-refractivity contribution in [1.82, 2.24) is 29.8 Å². The Bertz CT molecular complexity index is 709. The summed E-state index contributed by atoms with van der Waals surface area (Å²) in [6, 6.07) is 3.93. The van der Waals surface area contributed by atoms with E-state index in [9.17, 15) is 9.90 Å². The maximum absolute atomic E-state index is 12.4. The van der Waals surface area contributed by atoms with E-state index in [0.29, 0.717) is 25.6 Å². The molecule has 8 heteroatoms. The first kappa shape index (κ1) is 16.3. The number of rotatable bonds is 5. The second-order valence-electron chi connectivity index (χ2n) is 7.02. The highest BCUT2D eigenvalue weighted by atomic mass is 16.3. The molecule has 1 aliphatic heterocycles. The maximum atomic E-state index is 12.4. The van der Waals surface area contributed by atoms with Crippen LogP contribution < -0.4 is 0 Å². The van der Waals surface area contributed by atoms with Crippen LogP contribution in [0, 0.1) is 0 Å². The van der Waals surface area contributed by atoms with Crippen LogP contribution in [-0.4, -0.2) is 73.1 Å². The molecule has 2 fully saturated rings. The van der Waals surface area contributed by atoms with E-state index >= 15 is 0 Å². The Morgan fingerprint density at radius 3 is 2.96 bits per heavy atom. The number of aliphatic hydroxyl groups excluding tert-OH is 1. The summed E-state index contributed by atoms with van der Waals surface area (Å²) in [5.74, 6) is 0.622. The number of carbonyl (C=O) groups is 1. The molecule has 3 heterocycles. The van der Waals surface area contributed by atoms with E-state index in [2.05, 4.69) is 26.3 Å². The molecular weight excluding hydrogens is 320 g/mol. The number of aromatic nitrogens is 4. The van der Waals surface area contributed by atoms with Crippen molar-refractivity contribution in [3.8, 4) is 0 Å². The molecule has 8 nitrogen and oxygen atoms in total. The number of aliphatic hydroxyl groups is 1. The molecule has 1 saturated carbocycles. The summed E-state index contributed by atoms with van der Waals surface area (Å²) in [5, 5.41) is 21.9. The third-order valence-corrected chi connectivity index (χ3v) is 4.84. The van der Waals surface area contributed by atoms with Crippen molar-refractivity contribution in [3.63, 3.8) is 0 Å². The average molecular weight is 344 g/mol. The van der Waals surface area contributed by atoms with Crippen molar-refractivity contribution >= 4 is 5.91 Å². The third kappa shape index (κ3) is 4.08. The molecule has 0 spiro atoms. The fourth-order valence-electron chi connectivity index (χ4n) is 3.35. The Hall–Kier alpha value is -2.19. The van der Waals surface area contributed by atoms with Gasteiger partial charge in [0.1, 0.15) is 6.54 Å². The number of β-amino-alcohol motifs (C(OH)–C–C–N with tert-alkyl or cyclic N) is 1. The van der Waals surface area contributed by atoms with E-state index in [1.54, 1.807) is 28.0 Å². The van der Waals surface area contributed by atoms with Crippen LogP contribution in [0.1, 0.15) is 30.1 Å². The summed E-state index contributed by atoms with van der Waals surface area (Å²) in [5.41, 5.74) is 2.23. The molecule has 0 unspecified atom stereocenters. The number of nitrogens with one attached hydrogen (secondary N) is 1. The number of carbonyl (C=O) groups excluding carboxylic acids is 1. The van der Waals surface area contributed by atoms with Crippen molar-refractivity contribution in [3.05, 3.63) is 35.9 Å². The molecule has 1 atom stereocenters. The van der Waals surface area contributed by atoms with Crippen LogP contribution in [0.15, 0.2) is 24.5 Å². The summed E-state index contributed by atoms with van der Waals surface area (Å²) < 4.78 is 1.61. The maximum Gasteiger partial charge on any atom is 0.244 e. The van der Waals surface area contributed by atoms with Gasteiger partial charge in [-0.25, -0.2) is 0 Å². The van der Waals surface area contributed by atoms with Crippen LogP contribution in [0.3, 0.4) is 0 Å². The first-order valence-corrected chi connectivity index (χ1v) is 8.87. The minimum Gasteiger partial charge on any atom is -0.390 e. The fraction of sp³-hybridized carbons (Fsp3) is 0.588. The molecular formula is C17H24N6O2.